The normalized spacial score (nSPS) is 11.5. The van der Waals surface area contributed by atoms with E-state index in [1.165, 1.54) is 13.2 Å². The Morgan fingerprint density at radius 1 is 0.964 bits per heavy atom. The van der Waals surface area contributed by atoms with Crippen molar-refractivity contribution in [2.45, 2.75) is 11.8 Å². The molecule has 0 aliphatic carbocycles. The SMILES string of the molecule is COc1ccccc1S(=O)(=O)Nc1ccc(-c2ccc3nnc(C)n3n2)cc1. The number of para-hydroxylation sites is 1. The number of hydrogen-bond donors (Lipinski definition) is 1. The first-order valence-corrected chi connectivity index (χ1v) is 9.91. The summed E-state index contributed by atoms with van der Waals surface area (Å²) in [6.45, 7) is 1.83. The molecule has 0 saturated heterocycles. The van der Waals surface area contributed by atoms with E-state index in [1.807, 2.05) is 19.1 Å². The minimum Gasteiger partial charge on any atom is -0.495 e. The highest BCUT2D eigenvalue weighted by molar-refractivity contribution is 7.92. The minimum absolute atomic E-state index is 0.0803. The molecule has 1 N–H and O–H groups in total. The Bertz CT molecular complexity index is 1250. The smallest absolute Gasteiger partial charge is 0.265 e. The van der Waals surface area contributed by atoms with Crippen molar-refractivity contribution >= 4 is 21.4 Å². The van der Waals surface area contributed by atoms with E-state index in [-0.39, 0.29) is 10.6 Å². The molecule has 142 valence electrons. The number of sulfonamides is 1. The molecule has 4 rings (SSSR count). The van der Waals surface area contributed by atoms with E-state index < -0.39 is 10.0 Å². The van der Waals surface area contributed by atoms with Crippen LogP contribution in [-0.2, 0) is 10.0 Å². The van der Waals surface area contributed by atoms with E-state index in [0.29, 0.717) is 17.2 Å². The molecule has 0 unspecified atom stereocenters. The fraction of sp³-hybridized carbons (Fsp3) is 0.105. The number of nitrogens with zero attached hydrogens (tertiary/aromatic N) is 4. The third-order valence-corrected chi connectivity index (χ3v) is 5.63. The summed E-state index contributed by atoms with van der Waals surface area (Å²) in [5.41, 5.74) is 2.68. The molecule has 0 spiro atoms. The molecule has 0 atom stereocenters. The summed E-state index contributed by atoms with van der Waals surface area (Å²) < 4.78 is 34.7. The van der Waals surface area contributed by atoms with Crippen LogP contribution < -0.4 is 9.46 Å². The lowest BCUT2D eigenvalue weighted by molar-refractivity contribution is 0.403. The number of aromatic nitrogens is 4. The number of ether oxygens (including phenoxy) is 1. The van der Waals surface area contributed by atoms with Crippen molar-refractivity contribution in [2.75, 3.05) is 11.8 Å². The molecule has 0 aliphatic heterocycles. The van der Waals surface area contributed by atoms with Crippen LogP contribution >= 0.6 is 0 Å². The molecule has 2 aromatic carbocycles. The summed E-state index contributed by atoms with van der Waals surface area (Å²) in [6.07, 6.45) is 0. The molecule has 0 amide bonds. The molecule has 4 aromatic rings. The Hall–Kier alpha value is -3.46. The molecule has 2 heterocycles. The van der Waals surface area contributed by atoms with Crippen LogP contribution in [0.1, 0.15) is 5.82 Å². The zero-order valence-corrected chi connectivity index (χ0v) is 16.0. The van der Waals surface area contributed by atoms with Gasteiger partial charge in [0.2, 0.25) is 0 Å². The number of nitrogens with one attached hydrogen (secondary N) is 1. The molecule has 28 heavy (non-hydrogen) atoms. The number of benzene rings is 2. The number of fused-ring (bicyclic) bond motifs is 1. The quantitative estimate of drug-likeness (QED) is 0.558. The van der Waals surface area contributed by atoms with Gasteiger partial charge in [-0.05, 0) is 43.3 Å². The van der Waals surface area contributed by atoms with Crippen LogP contribution in [0, 0.1) is 6.92 Å². The number of rotatable bonds is 5. The summed E-state index contributed by atoms with van der Waals surface area (Å²) >= 11 is 0. The predicted molar refractivity (Wildman–Crippen MR) is 105 cm³/mol. The summed E-state index contributed by atoms with van der Waals surface area (Å²) in [5, 5.41) is 12.5. The molecule has 8 nitrogen and oxygen atoms in total. The van der Waals surface area contributed by atoms with Crippen molar-refractivity contribution in [3.63, 3.8) is 0 Å². The second-order valence-corrected chi connectivity index (χ2v) is 7.72. The molecule has 0 bridgehead atoms. The minimum atomic E-state index is -3.77. The van der Waals surface area contributed by atoms with Gasteiger partial charge < -0.3 is 4.74 Å². The first-order chi connectivity index (χ1) is 13.5. The summed E-state index contributed by atoms with van der Waals surface area (Å²) in [6, 6.07) is 17.1. The van der Waals surface area contributed by atoms with Gasteiger partial charge in [0.15, 0.2) is 11.5 Å². The average Bonchev–Trinajstić information content (AvgIpc) is 3.08. The van der Waals surface area contributed by atoms with Crippen LogP contribution in [0.15, 0.2) is 65.6 Å². The van der Waals surface area contributed by atoms with Gasteiger partial charge in [0.05, 0.1) is 12.8 Å². The number of anilines is 1. The van der Waals surface area contributed by atoms with Crippen molar-refractivity contribution in [3.8, 4) is 17.0 Å². The van der Waals surface area contributed by atoms with E-state index in [9.17, 15) is 8.42 Å². The predicted octanol–water partition coefficient (Wildman–Crippen LogP) is 2.91. The maximum atomic E-state index is 12.7. The van der Waals surface area contributed by atoms with Crippen LogP contribution in [0.2, 0.25) is 0 Å². The zero-order valence-electron chi connectivity index (χ0n) is 15.2. The van der Waals surface area contributed by atoms with Crippen molar-refractivity contribution < 1.29 is 13.2 Å². The number of hydrogen-bond acceptors (Lipinski definition) is 6. The third kappa shape index (κ3) is 3.27. The lowest BCUT2D eigenvalue weighted by Gasteiger charge is -2.11. The number of aryl methyl sites for hydroxylation is 1. The molecular formula is C19H17N5O3S. The summed E-state index contributed by atoms with van der Waals surface area (Å²) in [4.78, 5) is 0.0803. The summed E-state index contributed by atoms with van der Waals surface area (Å²) in [5.74, 6) is 0.978. The maximum Gasteiger partial charge on any atom is 0.265 e. The van der Waals surface area contributed by atoms with E-state index in [4.69, 9.17) is 4.74 Å². The lowest BCUT2D eigenvalue weighted by atomic mass is 10.1. The van der Waals surface area contributed by atoms with Gasteiger partial charge >= 0.3 is 0 Å². The average molecular weight is 395 g/mol. The highest BCUT2D eigenvalue weighted by atomic mass is 32.2. The van der Waals surface area contributed by atoms with Crippen LogP contribution in [0.4, 0.5) is 5.69 Å². The molecule has 0 radical (unpaired) electrons. The van der Waals surface area contributed by atoms with Gasteiger partial charge in [-0.3, -0.25) is 4.72 Å². The van der Waals surface area contributed by atoms with Gasteiger partial charge in [-0.1, -0.05) is 24.3 Å². The fourth-order valence-corrected chi connectivity index (χ4v) is 4.04. The van der Waals surface area contributed by atoms with E-state index >= 15 is 0 Å². The number of methoxy groups -OCH3 is 1. The first-order valence-electron chi connectivity index (χ1n) is 8.43. The van der Waals surface area contributed by atoms with E-state index in [2.05, 4.69) is 20.0 Å². The Kier molecular flexibility index (Phi) is 4.44. The Morgan fingerprint density at radius 2 is 1.71 bits per heavy atom. The van der Waals surface area contributed by atoms with Gasteiger partial charge in [0.25, 0.3) is 10.0 Å². The Labute approximate surface area is 161 Å². The van der Waals surface area contributed by atoms with Crippen LogP contribution in [0.3, 0.4) is 0 Å². The highest BCUT2D eigenvalue weighted by Gasteiger charge is 2.19. The third-order valence-electron chi connectivity index (χ3n) is 4.21. The molecular weight excluding hydrogens is 378 g/mol. The second-order valence-electron chi connectivity index (χ2n) is 6.07. The van der Waals surface area contributed by atoms with E-state index in [0.717, 1.165) is 11.3 Å². The molecule has 2 aromatic heterocycles. The van der Waals surface area contributed by atoms with Crippen LogP contribution in [0.25, 0.3) is 16.9 Å². The van der Waals surface area contributed by atoms with Crippen molar-refractivity contribution in [3.05, 3.63) is 66.5 Å². The van der Waals surface area contributed by atoms with Crippen LogP contribution in [-0.4, -0.2) is 35.3 Å². The lowest BCUT2D eigenvalue weighted by Crippen LogP contribution is -2.13. The molecule has 9 heteroatoms. The topological polar surface area (TPSA) is 98.5 Å². The molecule has 0 fully saturated rings. The van der Waals surface area contributed by atoms with Crippen molar-refractivity contribution in [1.29, 1.82) is 0 Å². The standard InChI is InChI=1S/C19H17N5O3S/c1-13-20-21-19-12-11-16(22-24(13)19)14-7-9-15(10-8-14)23-28(25,26)18-6-4-3-5-17(18)27-2/h3-12,23H,1-2H3. The Balaban J connectivity index is 1.61. The molecule has 0 aliphatic rings. The second kappa shape index (κ2) is 6.93. The van der Waals surface area contributed by atoms with Gasteiger partial charge in [-0.2, -0.15) is 9.61 Å². The van der Waals surface area contributed by atoms with E-state index in [1.54, 1.807) is 47.0 Å². The van der Waals surface area contributed by atoms with Gasteiger partial charge in [0, 0.05) is 11.3 Å². The zero-order chi connectivity index (χ0) is 19.7. The van der Waals surface area contributed by atoms with Crippen molar-refractivity contribution in [1.82, 2.24) is 19.8 Å². The highest BCUT2D eigenvalue weighted by Crippen LogP contribution is 2.26. The fourth-order valence-electron chi connectivity index (χ4n) is 2.81. The van der Waals surface area contributed by atoms with Crippen LogP contribution in [0.5, 0.6) is 5.75 Å². The van der Waals surface area contributed by atoms with Crippen molar-refractivity contribution in [2.24, 2.45) is 0 Å². The largest absolute Gasteiger partial charge is 0.495 e. The first kappa shape index (κ1) is 17.9. The van der Waals surface area contributed by atoms with Gasteiger partial charge in [-0.25, -0.2) is 8.42 Å². The maximum absolute atomic E-state index is 12.7. The molecule has 0 saturated carbocycles. The summed E-state index contributed by atoms with van der Waals surface area (Å²) in [7, 11) is -2.34. The van der Waals surface area contributed by atoms with Gasteiger partial charge in [-0.15, -0.1) is 10.2 Å². The monoisotopic (exact) mass is 395 g/mol. The van der Waals surface area contributed by atoms with Gasteiger partial charge in [0.1, 0.15) is 10.6 Å². The Morgan fingerprint density at radius 3 is 2.46 bits per heavy atom.